The maximum atomic E-state index is 12.1. The number of hydrogen-bond donors (Lipinski definition) is 3. The Labute approximate surface area is 179 Å². The van der Waals surface area contributed by atoms with Gasteiger partial charge in [-0.2, -0.15) is 0 Å². The highest BCUT2D eigenvalue weighted by Crippen LogP contribution is 2.36. The summed E-state index contributed by atoms with van der Waals surface area (Å²) in [7, 11) is 0. The van der Waals surface area contributed by atoms with Gasteiger partial charge in [0, 0.05) is 27.6 Å². The standard InChI is InChI=1S/C20H21Br2N3OS/c21-12-9-14-13(15(22)10-12)3-1-4-16(14)23-6-2-7-24-19-11-18(26)20-17(25-19)5-8-27-20/h5,8-11,16,23H,1-4,6-7H2,(H2,24,25,26)/t16-/m1/s1. The molecule has 142 valence electrons. The van der Waals surface area contributed by atoms with Crippen molar-refractivity contribution in [2.75, 3.05) is 18.4 Å². The Balaban J connectivity index is 1.31. The van der Waals surface area contributed by atoms with Crippen LogP contribution in [-0.2, 0) is 6.42 Å². The van der Waals surface area contributed by atoms with E-state index in [1.807, 2.05) is 11.4 Å². The first kappa shape index (κ1) is 19.2. The van der Waals surface area contributed by atoms with E-state index >= 15 is 0 Å². The number of benzene rings is 1. The van der Waals surface area contributed by atoms with Gasteiger partial charge < -0.3 is 15.6 Å². The molecule has 4 nitrogen and oxygen atoms in total. The van der Waals surface area contributed by atoms with Gasteiger partial charge in [0.1, 0.15) is 5.82 Å². The van der Waals surface area contributed by atoms with Crippen LogP contribution < -0.4 is 16.1 Å². The summed E-state index contributed by atoms with van der Waals surface area (Å²) in [5.74, 6) is 0.793. The first-order valence-electron chi connectivity index (χ1n) is 9.17. The molecular weight excluding hydrogens is 490 g/mol. The van der Waals surface area contributed by atoms with Crippen LogP contribution in [0.1, 0.15) is 36.4 Å². The highest BCUT2D eigenvalue weighted by Gasteiger charge is 2.21. The zero-order valence-electron chi connectivity index (χ0n) is 14.8. The second kappa shape index (κ2) is 8.47. The van der Waals surface area contributed by atoms with Gasteiger partial charge in [0.05, 0.1) is 10.2 Å². The molecule has 7 heteroatoms. The number of aromatic amines is 1. The van der Waals surface area contributed by atoms with E-state index in [-0.39, 0.29) is 5.43 Å². The van der Waals surface area contributed by atoms with Crippen molar-refractivity contribution in [1.29, 1.82) is 0 Å². The molecule has 3 N–H and O–H groups in total. The molecule has 0 saturated heterocycles. The summed E-state index contributed by atoms with van der Waals surface area (Å²) < 4.78 is 3.11. The SMILES string of the molecule is O=c1cc(NCCCN[C@@H]2CCCc3c(Br)cc(Br)cc32)[nH]c2ccsc12. The lowest BCUT2D eigenvalue weighted by atomic mass is 9.87. The fourth-order valence-electron chi connectivity index (χ4n) is 3.71. The van der Waals surface area contributed by atoms with Crippen LogP contribution in [0.25, 0.3) is 10.2 Å². The van der Waals surface area contributed by atoms with Crippen LogP contribution in [0.3, 0.4) is 0 Å². The zero-order valence-corrected chi connectivity index (χ0v) is 18.8. The van der Waals surface area contributed by atoms with Gasteiger partial charge in [-0.15, -0.1) is 11.3 Å². The molecule has 1 aliphatic carbocycles. The van der Waals surface area contributed by atoms with Gasteiger partial charge in [-0.3, -0.25) is 4.79 Å². The Hall–Kier alpha value is -1.15. The molecule has 0 aliphatic heterocycles. The quantitative estimate of drug-likeness (QED) is 0.379. The minimum atomic E-state index is 0.0781. The molecule has 0 unspecified atom stereocenters. The Morgan fingerprint density at radius 1 is 1.22 bits per heavy atom. The average molecular weight is 511 g/mol. The van der Waals surface area contributed by atoms with Crippen molar-refractivity contribution >= 4 is 59.2 Å². The molecule has 3 aromatic rings. The fraction of sp³-hybridized carbons (Fsp3) is 0.350. The minimum absolute atomic E-state index is 0.0781. The number of rotatable bonds is 6. The molecule has 27 heavy (non-hydrogen) atoms. The smallest absolute Gasteiger partial charge is 0.201 e. The van der Waals surface area contributed by atoms with Crippen LogP contribution in [0.15, 0.2) is 43.4 Å². The maximum absolute atomic E-state index is 12.1. The minimum Gasteiger partial charge on any atom is -0.371 e. The maximum Gasteiger partial charge on any atom is 0.201 e. The summed E-state index contributed by atoms with van der Waals surface area (Å²) in [6.07, 6.45) is 4.52. The average Bonchev–Trinajstić information content (AvgIpc) is 3.11. The van der Waals surface area contributed by atoms with Crippen LogP contribution in [0.4, 0.5) is 5.82 Å². The van der Waals surface area contributed by atoms with E-state index in [1.165, 1.54) is 39.8 Å². The molecule has 0 saturated carbocycles. The van der Waals surface area contributed by atoms with E-state index in [0.29, 0.717) is 6.04 Å². The Morgan fingerprint density at radius 2 is 2.11 bits per heavy atom. The van der Waals surface area contributed by atoms with Crippen LogP contribution in [-0.4, -0.2) is 18.1 Å². The first-order chi connectivity index (χ1) is 13.1. The molecule has 0 amide bonds. The molecule has 0 radical (unpaired) electrons. The van der Waals surface area contributed by atoms with E-state index in [1.54, 1.807) is 6.07 Å². The summed E-state index contributed by atoms with van der Waals surface area (Å²) in [6.45, 7) is 1.76. The number of thiophene rings is 1. The monoisotopic (exact) mass is 509 g/mol. The van der Waals surface area contributed by atoms with Gasteiger partial charge >= 0.3 is 0 Å². The number of halogens is 2. The van der Waals surface area contributed by atoms with Crippen LogP contribution in [0.5, 0.6) is 0 Å². The van der Waals surface area contributed by atoms with E-state index < -0.39 is 0 Å². The molecule has 1 aliphatic rings. The summed E-state index contributed by atoms with van der Waals surface area (Å²) in [5.41, 5.74) is 3.82. The molecule has 0 bridgehead atoms. The van der Waals surface area contributed by atoms with Gasteiger partial charge in [0.15, 0.2) is 0 Å². The number of aromatic nitrogens is 1. The van der Waals surface area contributed by atoms with Crippen molar-refractivity contribution in [1.82, 2.24) is 10.3 Å². The van der Waals surface area contributed by atoms with Gasteiger partial charge in [-0.1, -0.05) is 31.9 Å². The molecule has 0 fully saturated rings. The summed E-state index contributed by atoms with van der Waals surface area (Å²) in [6, 6.07) is 8.39. The normalized spacial score (nSPS) is 16.4. The van der Waals surface area contributed by atoms with Crippen LogP contribution >= 0.6 is 43.2 Å². The van der Waals surface area contributed by atoms with Crippen molar-refractivity contribution in [3.8, 4) is 0 Å². The fourth-order valence-corrected chi connectivity index (χ4v) is 5.93. The van der Waals surface area contributed by atoms with Crippen molar-refractivity contribution in [2.45, 2.75) is 31.7 Å². The van der Waals surface area contributed by atoms with Crippen LogP contribution in [0, 0.1) is 0 Å². The van der Waals surface area contributed by atoms with Gasteiger partial charge in [-0.05, 0) is 66.9 Å². The molecule has 1 aromatic carbocycles. The van der Waals surface area contributed by atoms with E-state index in [9.17, 15) is 4.79 Å². The van der Waals surface area contributed by atoms with E-state index in [0.717, 1.165) is 46.4 Å². The Bertz CT molecular complexity index is 1010. The number of anilines is 1. The molecule has 0 spiro atoms. The Kier molecular flexibility index (Phi) is 6.02. The van der Waals surface area contributed by atoms with Gasteiger partial charge in [0.2, 0.25) is 5.43 Å². The second-order valence-electron chi connectivity index (χ2n) is 6.85. The highest BCUT2D eigenvalue weighted by atomic mass is 79.9. The number of fused-ring (bicyclic) bond motifs is 2. The van der Waals surface area contributed by atoms with Gasteiger partial charge in [0.25, 0.3) is 0 Å². The summed E-state index contributed by atoms with van der Waals surface area (Å²) in [4.78, 5) is 15.3. The topological polar surface area (TPSA) is 56.9 Å². The number of pyridine rings is 1. The lowest BCUT2D eigenvalue weighted by Gasteiger charge is -2.28. The van der Waals surface area contributed by atoms with Crippen molar-refractivity contribution < 1.29 is 0 Å². The molecule has 4 rings (SSSR count). The number of H-pyrrole nitrogens is 1. The zero-order chi connectivity index (χ0) is 18.8. The van der Waals surface area contributed by atoms with Crippen molar-refractivity contribution in [3.05, 3.63) is 59.9 Å². The first-order valence-corrected chi connectivity index (χ1v) is 11.6. The predicted molar refractivity (Wildman–Crippen MR) is 121 cm³/mol. The molecule has 2 heterocycles. The number of nitrogens with one attached hydrogen (secondary N) is 3. The van der Waals surface area contributed by atoms with Crippen LogP contribution in [0.2, 0.25) is 0 Å². The lowest BCUT2D eigenvalue weighted by molar-refractivity contribution is 0.457. The summed E-state index contributed by atoms with van der Waals surface area (Å²) >= 11 is 8.79. The molecular formula is C20H21Br2N3OS. The third-order valence-corrected chi connectivity index (χ3v) is 7.08. The lowest BCUT2D eigenvalue weighted by Crippen LogP contribution is -2.27. The van der Waals surface area contributed by atoms with E-state index in [2.05, 4.69) is 59.6 Å². The largest absolute Gasteiger partial charge is 0.371 e. The highest BCUT2D eigenvalue weighted by molar-refractivity contribution is 9.11. The predicted octanol–water partition coefficient (Wildman–Crippen LogP) is 5.58. The Morgan fingerprint density at radius 3 is 3.00 bits per heavy atom. The third kappa shape index (κ3) is 4.31. The third-order valence-electron chi connectivity index (χ3n) is 4.98. The molecule has 2 aromatic heterocycles. The summed E-state index contributed by atoms with van der Waals surface area (Å²) in [5, 5.41) is 8.98. The van der Waals surface area contributed by atoms with E-state index in [4.69, 9.17) is 0 Å². The second-order valence-corrected chi connectivity index (χ2v) is 9.53. The molecule has 1 atom stereocenters. The van der Waals surface area contributed by atoms with Crippen molar-refractivity contribution in [2.24, 2.45) is 0 Å². The van der Waals surface area contributed by atoms with Crippen molar-refractivity contribution in [3.63, 3.8) is 0 Å². The van der Waals surface area contributed by atoms with Gasteiger partial charge in [-0.25, -0.2) is 0 Å². The number of hydrogen-bond acceptors (Lipinski definition) is 4.